The predicted octanol–water partition coefficient (Wildman–Crippen LogP) is 2.87. The molecule has 74 valence electrons. The number of aromatic nitrogens is 1. The van der Waals surface area contributed by atoms with Gasteiger partial charge in [0.1, 0.15) is 5.82 Å². The molecule has 0 aliphatic carbocycles. The van der Waals surface area contributed by atoms with Crippen molar-refractivity contribution in [2.24, 2.45) is 0 Å². The number of hydrogen-bond acceptors (Lipinski definition) is 2. The molecule has 0 radical (unpaired) electrons. The van der Waals surface area contributed by atoms with Crippen LogP contribution in [0.5, 0.6) is 0 Å². The van der Waals surface area contributed by atoms with Crippen molar-refractivity contribution in [2.45, 2.75) is 41.0 Å². The minimum absolute atomic E-state index is 0.630. The molecule has 13 heavy (non-hydrogen) atoms. The highest BCUT2D eigenvalue weighted by Crippen LogP contribution is 2.13. The number of anilines is 1. The van der Waals surface area contributed by atoms with E-state index in [4.69, 9.17) is 5.73 Å². The average Bonchev–Trinajstić information content (AvgIpc) is 2.14. The Morgan fingerprint density at radius 3 is 2.31 bits per heavy atom. The molecule has 1 aromatic rings. The van der Waals surface area contributed by atoms with E-state index in [0.29, 0.717) is 5.82 Å². The third kappa shape index (κ3) is 3.05. The zero-order chi connectivity index (χ0) is 10.4. The van der Waals surface area contributed by atoms with E-state index >= 15 is 0 Å². The maximum absolute atomic E-state index is 5.59. The second-order valence-corrected chi connectivity index (χ2v) is 2.79. The summed E-state index contributed by atoms with van der Waals surface area (Å²) in [5.74, 6) is 0.630. The fourth-order valence-electron chi connectivity index (χ4n) is 1.17. The van der Waals surface area contributed by atoms with Crippen molar-refractivity contribution in [1.29, 1.82) is 0 Å². The minimum atomic E-state index is 0.630. The lowest BCUT2D eigenvalue weighted by molar-refractivity contribution is 1.00. The molecule has 0 aliphatic rings. The van der Waals surface area contributed by atoms with Gasteiger partial charge in [0.05, 0.1) is 0 Å². The van der Waals surface area contributed by atoms with E-state index in [1.165, 1.54) is 11.1 Å². The van der Waals surface area contributed by atoms with Crippen molar-refractivity contribution in [2.75, 3.05) is 5.73 Å². The summed E-state index contributed by atoms with van der Waals surface area (Å²) in [6.07, 6.45) is 0.956. The standard InChI is InChI=1S/C9H14N2.C2H6/c1-4-8-7(3)6(2)5-9(10)11-8;1-2/h5H,4H2,1-3H3,(H2,10,11);1-2H3. The first-order chi connectivity index (χ1) is 6.15. The van der Waals surface area contributed by atoms with Gasteiger partial charge in [-0.3, -0.25) is 0 Å². The minimum Gasteiger partial charge on any atom is -0.384 e. The van der Waals surface area contributed by atoms with Crippen LogP contribution in [0.2, 0.25) is 0 Å². The molecule has 1 aromatic heterocycles. The summed E-state index contributed by atoms with van der Waals surface area (Å²) in [4.78, 5) is 4.23. The lowest BCUT2D eigenvalue weighted by Crippen LogP contribution is -1.99. The van der Waals surface area contributed by atoms with Crippen LogP contribution >= 0.6 is 0 Å². The second kappa shape index (κ2) is 5.57. The van der Waals surface area contributed by atoms with Gasteiger partial charge in [0.25, 0.3) is 0 Å². The third-order valence-electron chi connectivity index (χ3n) is 1.99. The zero-order valence-corrected chi connectivity index (χ0v) is 9.31. The first-order valence-electron chi connectivity index (χ1n) is 4.87. The Labute approximate surface area is 81.2 Å². The lowest BCUT2D eigenvalue weighted by Gasteiger charge is -2.06. The summed E-state index contributed by atoms with van der Waals surface area (Å²) in [5.41, 5.74) is 9.20. The Balaban J connectivity index is 0.000000671. The molecule has 0 aromatic carbocycles. The highest BCUT2D eigenvalue weighted by molar-refractivity contribution is 5.39. The molecule has 0 unspecified atom stereocenters. The van der Waals surface area contributed by atoms with E-state index in [2.05, 4.69) is 25.8 Å². The first-order valence-corrected chi connectivity index (χ1v) is 4.87. The van der Waals surface area contributed by atoms with Crippen LogP contribution in [0.4, 0.5) is 5.82 Å². The molecule has 0 saturated heterocycles. The molecule has 1 heterocycles. The van der Waals surface area contributed by atoms with Crippen molar-refractivity contribution in [3.63, 3.8) is 0 Å². The summed E-state index contributed by atoms with van der Waals surface area (Å²) < 4.78 is 0. The number of rotatable bonds is 1. The van der Waals surface area contributed by atoms with Crippen molar-refractivity contribution >= 4 is 5.82 Å². The van der Waals surface area contributed by atoms with Gasteiger partial charge < -0.3 is 5.73 Å². The Kier molecular flexibility index (Phi) is 5.12. The van der Waals surface area contributed by atoms with Crippen LogP contribution in [0.25, 0.3) is 0 Å². The van der Waals surface area contributed by atoms with Crippen LogP contribution in [0.1, 0.15) is 37.6 Å². The van der Waals surface area contributed by atoms with Crippen LogP contribution in [0.15, 0.2) is 6.07 Å². The normalized spacial score (nSPS) is 9.00. The van der Waals surface area contributed by atoms with Crippen molar-refractivity contribution in [3.05, 3.63) is 22.9 Å². The highest BCUT2D eigenvalue weighted by Gasteiger charge is 2.01. The van der Waals surface area contributed by atoms with E-state index in [1.807, 2.05) is 19.9 Å². The Morgan fingerprint density at radius 2 is 1.85 bits per heavy atom. The van der Waals surface area contributed by atoms with Gasteiger partial charge in [0, 0.05) is 5.69 Å². The van der Waals surface area contributed by atoms with Gasteiger partial charge in [-0.25, -0.2) is 4.98 Å². The summed E-state index contributed by atoms with van der Waals surface area (Å²) in [7, 11) is 0. The molecule has 0 bridgehead atoms. The zero-order valence-electron chi connectivity index (χ0n) is 9.31. The van der Waals surface area contributed by atoms with Crippen molar-refractivity contribution in [3.8, 4) is 0 Å². The molecule has 2 heteroatoms. The number of nitrogen functional groups attached to an aromatic ring is 1. The van der Waals surface area contributed by atoms with Crippen LogP contribution in [0.3, 0.4) is 0 Å². The van der Waals surface area contributed by atoms with Crippen LogP contribution < -0.4 is 5.73 Å². The summed E-state index contributed by atoms with van der Waals surface area (Å²) in [6.45, 7) is 10.2. The van der Waals surface area contributed by atoms with Crippen LogP contribution in [-0.4, -0.2) is 4.98 Å². The number of hydrogen-bond donors (Lipinski definition) is 1. The van der Waals surface area contributed by atoms with E-state index in [1.54, 1.807) is 0 Å². The summed E-state index contributed by atoms with van der Waals surface area (Å²) in [6, 6.07) is 1.91. The van der Waals surface area contributed by atoms with Gasteiger partial charge in [-0.2, -0.15) is 0 Å². The fraction of sp³-hybridized carbons (Fsp3) is 0.545. The second-order valence-electron chi connectivity index (χ2n) is 2.79. The fourth-order valence-corrected chi connectivity index (χ4v) is 1.17. The van der Waals surface area contributed by atoms with Gasteiger partial charge in [-0.15, -0.1) is 0 Å². The summed E-state index contributed by atoms with van der Waals surface area (Å²) >= 11 is 0. The highest BCUT2D eigenvalue weighted by atomic mass is 14.8. The molecule has 0 saturated carbocycles. The van der Waals surface area contributed by atoms with Crippen LogP contribution in [0, 0.1) is 13.8 Å². The Hall–Kier alpha value is -1.05. The molecule has 0 atom stereocenters. The predicted molar refractivity (Wildman–Crippen MR) is 58.8 cm³/mol. The van der Waals surface area contributed by atoms with Crippen LogP contribution in [-0.2, 0) is 6.42 Å². The van der Waals surface area contributed by atoms with Gasteiger partial charge in [-0.05, 0) is 37.5 Å². The molecule has 0 amide bonds. The maximum atomic E-state index is 5.59. The van der Waals surface area contributed by atoms with Gasteiger partial charge in [0.2, 0.25) is 0 Å². The molecular weight excluding hydrogens is 160 g/mol. The summed E-state index contributed by atoms with van der Waals surface area (Å²) in [5, 5.41) is 0. The van der Waals surface area contributed by atoms with Gasteiger partial charge >= 0.3 is 0 Å². The molecule has 0 fully saturated rings. The average molecular weight is 180 g/mol. The van der Waals surface area contributed by atoms with Gasteiger partial charge in [-0.1, -0.05) is 20.8 Å². The largest absolute Gasteiger partial charge is 0.384 e. The van der Waals surface area contributed by atoms with E-state index < -0.39 is 0 Å². The SMILES string of the molecule is CC.CCc1nc(N)cc(C)c1C. The first kappa shape index (κ1) is 11.9. The monoisotopic (exact) mass is 180 g/mol. The number of nitrogens with two attached hydrogens (primary N) is 1. The maximum Gasteiger partial charge on any atom is 0.123 e. The number of pyridine rings is 1. The lowest BCUT2D eigenvalue weighted by atomic mass is 10.1. The molecule has 2 N–H and O–H groups in total. The van der Waals surface area contributed by atoms with E-state index in [9.17, 15) is 0 Å². The molecular formula is C11H20N2. The molecule has 2 nitrogen and oxygen atoms in total. The van der Waals surface area contributed by atoms with E-state index in [0.717, 1.165) is 12.1 Å². The van der Waals surface area contributed by atoms with E-state index in [-0.39, 0.29) is 0 Å². The topological polar surface area (TPSA) is 38.9 Å². The van der Waals surface area contributed by atoms with Crippen molar-refractivity contribution < 1.29 is 0 Å². The molecule has 0 spiro atoms. The third-order valence-corrected chi connectivity index (χ3v) is 1.99. The van der Waals surface area contributed by atoms with Crippen molar-refractivity contribution in [1.82, 2.24) is 4.98 Å². The van der Waals surface area contributed by atoms with Gasteiger partial charge in [0.15, 0.2) is 0 Å². The quantitative estimate of drug-likeness (QED) is 0.721. The number of nitrogens with zero attached hydrogens (tertiary/aromatic N) is 1. The molecule has 1 rings (SSSR count). The Morgan fingerprint density at radius 1 is 1.31 bits per heavy atom. The smallest absolute Gasteiger partial charge is 0.123 e. The molecule has 0 aliphatic heterocycles. The Bertz CT molecular complexity index is 267. The number of aryl methyl sites for hydroxylation is 2.